The van der Waals surface area contributed by atoms with Gasteiger partial charge in [0.1, 0.15) is 0 Å². The lowest BCUT2D eigenvalue weighted by molar-refractivity contribution is 0.534. The van der Waals surface area contributed by atoms with E-state index in [2.05, 4.69) is 14.9 Å². The zero-order valence-electron chi connectivity index (χ0n) is 10.1. The van der Waals surface area contributed by atoms with Crippen LogP contribution < -0.4 is 10.5 Å². The molecule has 102 valence electrons. The van der Waals surface area contributed by atoms with Gasteiger partial charge in [0.05, 0.1) is 15.6 Å². The third kappa shape index (κ3) is 2.79. The lowest BCUT2D eigenvalue weighted by Crippen LogP contribution is -2.15. The van der Waals surface area contributed by atoms with Crippen LogP contribution >= 0.6 is 11.6 Å². The van der Waals surface area contributed by atoms with E-state index in [1.54, 1.807) is 13.8 Å². The topological polar surface area (TPSA) is 111 Å². The molecule has 1 heterocycles. The summed E-state index contributed by atoms with van der Waals surface area (Å²) < 4.78 is 31.5. The molecule has 0 amide bonds. The summed E-state index contributed by atoms with van der Waals surface area (Å²) in [6.45, 7) is 3.16. The van der Waals surface area contributed by atoms with E-state index in [0.29, 0.717) is 10.6 Å². The van der Waals surface area contributed by atoms with Gasteiger partial charge in [-0.15, -0.1) is 5.10 Å². The maximum atomic E-state index is 12.2. The van der Waals surface area contributed by atoms with Crippen molar-refractivity contribution in [1.82, 2.24) is 10.2 Å². The number of nitrogen functional groups attached to an aromatic ring is 1. The molecule has 2 rings (SSSR count). The second kappa shape index (κ2) is 4.71. The van der Waals surface area contributed by atoms with Crippen molar-refractivity contribution in [2.45, 2.75) is 18.7 Å². The number of aryl methyl sites for hydroxylation is 2. The molecule has 0 bridgehead atoms. The molecule has 1 aromatic heterocycles. The van der Waals surface area contributed by atoms with Crippen LogP contribution in [-0.2, 0) is 10.0 Å². The van der Waals surface area contributed by atoms with Crippen LogP contribution in [0.2, 0.25) is 5.02 Å². The maximum absolute atomic E-state index is 12.2. The van der Waals surface area contributed by atoms with Crippen molar-refractivity contribution in [3.05, 3.63) is 28.6 Å². The van der Waals surface area contributed by atoms with Crippen molar-refractivity contribution in [1.29, 1.82) is 0 Å². The molecule has 0 spiro atoms. The Labute approximate surface area is 114 Å². The van der Waals surface area contributed by atoms with Crippen LogP contribution in [0.1, 0.15) is 11.5 Å². The molecule has 1 aromatic carbocycles. The Morgan fingerprint density at radius 1 is 1.32 bits per heavy atom. The quantitative estimate of drug-likeness (QED) is 0.835. The van der Waals surface area contributed by atoms with Gasteiger partial charge in [-0.2, -0.15) is 0 Å². The first-order chi connectivity index (χ1) is 8.79. The number of anilines is 2. The lowest BCUT2D eigenvalue weighted by atomic mass is 10.2. The minimum atomic E-state index is -3.85. The number of halogens is 1. The summed E-state index contributed by atoms with van der Waals surface area (Å²) in [6.07, 6.45) is 0. The first kappa shape index (κ1) is 13.6. The molecule has 7 nitrogen and oxygen atoms in total. The molecule has 3 N–H and O–H groups in total. The third-order valence-electron chi connectivity index (χ3n) is 2.33. The number of nitrogens with one attached hydrogen (secondary N) is 1. The highest BCUT2D eigenvalue weighted by molar-refractivity contribution is 7.92. The monoisotopic (exact) mass is 302 g/mol. The minimum absolute atomic E-state index is 0.00486. The minimum Gasteiger partial charge on any atom is -0.408 e. The standard InChI is InChI=1S/C10H11ClN4O3S/c1-5-3-7(11)8(12)4-9(5)19(16,17)15-10-14-13-6(2)18-10/h3-4H,12H2,1-2H3,(H,14,15). The third-order valence-corrected chi connectivity index (χ3v) is 4.12. The average molecular weight is 303 g/mol. The molecule has 19 heavy (non-hydrogen) atoms. The van der Waals surface area contributed by atoms with Crippen molar-refractivity contribution in [3.8, 4) is 0 Å². The second-order valence-corrected chi connectivity index (χ2v) is 5.93. The van der Waals surface area contributed by atoms with Crippen LogP contribution in [0.4, 0.5) is 11.7 Å². The van der Waals surface area contributed by atoms with E-state index in [4.69, 9.17) is 21.8 Å². The van der Waals surface area contributed by atoms with Crippen LogP contribution in [-0.4, -0.2) is 18.6 Å². The average Bonchev–Trinajstić information content (AvgIpc) is 2.68. The van der Waals surface area contributed by atoms with Gasteiger partial charge in [-0.3, -0.25) is 0 Å². The van der Waals surface area contributed by atoms with E-state index in [9.17, 15) is 8.42 Å². The number of nitrogens with two attached hydrogens (primary N) is 1. The summed E-state index contributed by atoms with van der Waals surface area (Å²) in [5.74, 6) is 0.255. The van der Waals surface area contributed by atoms with Crippen LogP contribution in [0.3, 0.4) is 0 Å². The second-order valence-electron chi connectivity index (χ2n) is 3.87. The number of aromatic nitrogens is 2. The van der Waals surface area contributed by atoms with Gasteiger partial charge in [-0.25, -0.2) is 13.1 Å². The molecule has 0 saturated heterocycles. The highest BCUT2D eigenvalue weighted by Crippen LogP contribution is 2.27. The first-order valence-electron chi connectivity index (χ1n) is 5.18. The van der Waals surface area contributed by atoms with Crippen molar-refractivity contribution >= 4 is 33.3 Å². The van der Waals surface area contributed by atoms with Gasteiger partial charge in [-0.1, -0.05) is 16.7 Å². The van der Waals surface area contributed by atoms with Crippen LogP contribution in [0.5, 0.6) is 0 Å². The van der Waals surface area contributed by atoms with Crippen molar-refractivity contribution in [2.75, 3.05) is 10.5 Å². The number of benzene rings is 1. The highest BCUT2D eigenvalue weighted by Gasteiger charge is 2.21. The van der Waals surface area contributed by atoms with Gasteiger partial charge >= 0.3 is 6.01 Å². The number of nitrogens with zero attached hydrogens (tertiary/aromatic N) is 2. The predicted octanol–water partition coefficient (Wildman–Crippen LogP) is 1.72. The zero-order valence-corrected chi connectivity index (χ0v) is 11.7. The van der Waals surface area contributed by atoms with E-state index < -0.39 is 10.0 Å². The number of rotatable bonds is 3. The fourth-order valence-electron chi connectivity index (χ4n) is 1.47. The van der Waals surface area contributed by atoms with Crippen molar-refractivity contribution < 1.29 is 12.8 Å². The fraction of sp³-hybridized carbons (Fsp3) is 0.200. The van der Waals surface area contributed by atoms with Gasteiger partial charge in [0.25, 0.3) is 10.0 Å². The largest absolute Gasteiger partial charge is 0.408 e. The SMILES string of the molecule is Cc1nnc(NS(=O)(=O)c2cc(N)c(Cl)cc2C)o1. The molecular formula is C10H11ClN4O3S. The number of sulfonamides is 1. The Morgan fingerprint density at radius 2 is 2.00 bits per heavy atom. The maximum Gasteiger partial charge on any atom is 0.329 e. The Kier molecular flexibility index (Phi) is 3.38. The molecule has 0 saturated carbocycles. The van der Waals surface area contributed by atoms with Gasteiger partial charge in [0, 0.05) is 6.92 Å². The zero-order chi connectivity index (χ0) is 14.2. The summed E-state index contributed by atoms with van der Waals surface area (Å²) in [7, 11) is -3.85. The van der Waals surface area contributed by atoms with E-state index in [1.807, 2.05) is 0 Å². The fourth-order valence-corrected chi connectivity index (χ4v) is 2.87. The molecule has 0 aliphatic rings. The van der Waals surface area contributed by atoms with Gasteiger partial charge in [0.2, 0.25) is 5.89 Å². The highest BCUT2D eigenvalue weighted by atomic mass is 35.5. The molecule has 0 fully saturated rings. The molecule has 9 heteroatoms. The summed E-state index contributed by atoms with van der Waals surface area (Å²) in [5.41, 5.74) is 6.24. The Hall–Kier alpha value is -1.80. The van der Waals surface area contributed by atoms with Crippen molar-refractivity contribution in [3.63, 3.8) is 0 Å². The van der Waals surface area contributed by atoms with E-state index >= 15 is 0 Å². The van der Waals surface area contributed by atoms with Crippen LogP contribution in [0.25, 0.3) is 0 Å². The molecule has 2 aromatic rings. The van der Waals surface area contributed by atoms with E-state index in [0.717, 1.165) is 0 Å². The molecular weight excluding hydrogens is 292 g/mol. The van der Waals surface area contributed by atoms with Gasteiger partial charge < -0.3 is 10.2 Å². The van der Waals surface area contributed by atoms with Crippen LogP contribution in [0, 0.1) is 13.8 Å². The van der Waals surface area contributed by atoms with E-state index in [1.165, 1.54) is 12.1 Å². The molecule has 0 aliphatic carbocycles. The Balaban J connectivity index is 2.42. The smallest absolute Gasteiger partial charge is 0.329 e. The summed E-state index contributed by atoms with van der Waals surface area (Å²) in [6, 6.07) is 2.55. The van der Waals surface area contributed by atoms with Gasteiger partial charge in [0.15, 0.2) is 0 Å². The lowest BCUT2D eigenvalue weighted by Gasteiger charge is -2.09. The molecule has 0 atom stereocenters. The molecule has 0 aliphatic heterocycles. The Bertz CT molecular complexity index is 726. The summed E-state index contributed by atoms with van der Waals surface area (Å²) in [5, 5.41) is 7.39. The predicted molar refractivity (Wildman–Crippen MR) is 70.4 cm³/mol. The Morgan fingerprint density at radius 3 is 2.58 bits per heavy atom. The molecule has 0 unspecified atom stereocenters. The van der Waals surface area contributed by atoms with Crippen LogP contribution in [0.15, 0.2) is 21.4 Å². The van der Waals surface area contributed by atoms with Crippen molar-refractivity contribution in [2.24, 2.45) is 0 Å². The normalized spacial score (nSPS) is 11.5. The van der Waals surface area contributed by atoms with E-state index in [-0.39, 0.29) is 22.5 Å². The molecule has 0 radical (unpaired) electrons. The summed E-state index contributed by atoms with van der Waals surface area (Å²) in [4.78, 5) is 0.00486. The summed E-state index contributed by atoms with van der Waals surface area (Å²) >= 11 is 5.82. The van der Waals surface area contributed by atoms with Gasteiger partial charge in [-0.05, 0) is 24.6 Å². The number of hydrogen-bond donors (Lipinski definition) is 2. The first-order valence-corrected chi connectivity index (χ1v) is 7.04. The number of hydrogen-bond acceptors (Lipinski definition) is 6.